The Morgan fingerprint density at radius 2 is 1.94 bits per heavy atom. The SMILES string of the molecule is CCCCCN(CCc1ccncc1)C(C)=O. The van der Waals surface area contributed by atoms with Crippen LogP contribution in [0.4, 0.5) is 0 Å². The Kier molecular flexibility index (Phi) is 6.30. The molecule has 1 heterocycles. The van der Waals surface area contributed by atoms with Gasteiger partial charge in [-0.05, 0) is 30.5 Å². The van der Waals surface area contributed by atoms with Crippen LogP contribution in [0.15, 0.2) is 24.5 Å². The summed E-state index contributed by atoms with van der Waals surface area (Å²) in [5.74, 6) is 0.176. The number of rotatable bonds is 7. The Morgan fingerprint density at radius 1 is 1.24 bits per heavy atom. The van der Waals surface area contributed by atoms with Gasteiger partial charge in [0.2, 0.25) is 5.91 Å². The van der Waals surface area contributed by atoms with Crippen LogP contribution in [-0.2, 0) is 11.2 Å². The first-order chi connectivity index (χ1) is 8.24. The molecule has 0 radical (unpaired) electrons. The van der Waals surface area contributed by atoms with E-state index >= 15 is 0 Å². The third-order valence-corrected chi connectivity index (χ3v) is 2.90. The van der Waals surface area contributed by atoms with Crippen LogP contribution in [0, 0.1) is 0 Å². The van der Waals surface area contributed by atoms with Gasteiger partial charge in [-0.1, -0.05) is 19.8 Å². The second-order valence-corrected chi connectivity index (χ2v) is 4.32. The maximum absolute atomic E-state index is 11.5. The molecule has 0 N–H and O–H groups in total. The van der Waals surface area contributed by atoms with E-state index in [4.69, 9.17) is 0 Å². The monoisotopic (exact) mass is 234 g/mol. The fourth-order valence-corrected chi connectivity index (χ4v) is 1.79. The van der Waals surface area contributed by atoms with Crippen LogP contribution in [-0.4, -0.2) is 28.9 Å². The van der Waals surface area contributed by atoms with Crippen molar-refractivity contribution in [3.05, 3.63) is 30.1 Å². The normalized spacial score (nSPS) is 10.2. The number of nitrogens with zero attached hydrogens (tertiary/aromatic N) is 2. The lowest BCUT2D eigenvalue weighted by molar-refractivity contribution is -0.128. The molecule has 3 nitrogen and oxygen atoms in total. The van der Waals surface area contributed by atoms with E-state index in [1.165, 1.54) is 18.4 Å². The van der Waals surface area contributed by atoms with Gasteiger partial charge in [0.05, 0.1) is 0 Å². The molecule has 0 fully saturated rings. The van der Waals surface area contributed by atoms with Gasteiger partial charge in [-0.2, -0.15) is 0 Å². The van der Waals surface area contributed by atoms with E-state index in [-0.39, 0.29) is 5.91 Å². The number of amides is 1. The van der Waals surface area contributed by atoms with Crippen LogP contribution in [0.3, 0.4) is 0 Å². The Morgan fingerprint density at radius 3 is 2.53 bits per heavy atom. The Balaban J connectivity index is 2.36. The summed E-state index contributed by atoms with van der Waals surface area (Å²) in [4.78, 5) is 17.4. The maximum atomic E-state index is 11.5. The van der Waals surface area contributed by atoms with E-state index in [1.807, 2.05) is 17.0 Å². The summed E-state index contributed by atoms with van der Waals surface area (Å²) in [6.07, 6.45) is 7.99. The Labute approximate surface area is 104 Å². The molecule has 0 spiro atoms. The standard InChI is InChI=1S/C14H22N2O/c1-3-4-5-11-16(13(2)17)12-8-14-6-9-15-10-7-14/h6-7,9-10H,3-5,8,11-12H2,1-2H3. The minimum Gasteiger partial charge on any atom is -0.343 e. The van der Waals surface area contributed by atoms with E-state index in [1.54, 1.807) is 19.3 Å². The second-order valence-electron chi connectivity index (χ2n) is 4.32. The summed E-state index contributed by atoms with van der Waals surface area (Å²) >= 11 is 0. The molecule has 94 valence electrons. The quantitative estimate of drug-likeness (QED) is 0.680. The van der Waals surface area contributed by atoms with Crippen LogP contribution < -0.4 is 0 Å². The van der Waals surface area contributed by atoms with Crippen molar-refractivity contribution >= 4 is 5.91 Å². The van der Waals surface area contributed by atoms with Crippen LogP contribution in [0.5, 0.6) is 0 Å². The molecule has 0 aliphatic rings. The average molecular weight is 234 g/mol. The Hall–Kier alpha value is -1.38. The molecule has 1 aromatic rings. The van der Waals surface area contributed by atoms with Crippen LogP contribution in [0.25, 0.3) is 0 Å². The summed E-state index contributed by atoms with van der Waals surface area (Å²) in [7, 11) is 0. The first kappa shape index (κ1) is 13.7. The largest absolute Gasteiger partial charge is 0.343 e. The van der Waals surface area contributed by atoms with E-state index in [2.05, 4.69) is 11.9 Å². The van der Waals surface area contributed by atoms with Gasteiger partial charge >= 0.3 is 0 Å². The number of pyridine rings is 1. The number of unbranched alkanes of at least 4 members (excludes halogenated alkanes) is 2. The molecule has 0 aliphatic carbocycles. The highest BCUT2D eigenvalue weighted by molar-refractivity contribution is 5.73. The van der Waals surface area contributed by atoms with Gasteiger partial charge in [0, 0.05) is 32.4 Å². The maximum Gasteiger partial charge on any atom is 0.219 e. The molecule has 3 heteroatoms. The molecule has 1 aromatic heterocycles. The molecule has 1 amide bonds. The lowest BCUT2D eigenvalue weighted by Gasteiger charge is -2.20. The molecule has 0 unspecified atom stereocenters. The predicted molar refractivity (Wildman–Crippen MR) is 69.7 cm³/mol. The molecule has 0 aromatic carbocycles. The number of aromatic nitrogens is 1. The van der Waals surface area contributed by atoms with Crippen molar-refractivity contribution in [2.45, 2.75) is 39.5 Å². The molecular formula is C14H22N2O. The fraction of sp³-hybridized carbons (Fsp3) is 0.571. The zero-order valence-electron chi connectivity index (χ0n) is 10.9. The second kappa shape index (κ2) is 7.82. The smallest absolute Gasteiger partial charge is 0.219 e. The predicted octanol–water partition coefficient (Wildman–Crippen LogP) is 2.66. The summed E-state index contributed by atoms with van der Waals surface area (Å²) in [5.41, 5.74) is 1.24. The van der Waals surface area contributed by atoms with Crippen molar-refractivity contribution in [3.63, 3.8) is 0 Å². The van der Waals surface area contributed by atoms with E-state index < -0.39 is 0 Å². The first-order valence-corrected chi connectivity index (χ1v) is 6.38. The van der Waals surface area contributed by atoms with Crippen molar-refractivity contribution < 1.29 is 4.79 Å². The fourth-order valence-electron chi connectivity index (χ4n) is 1.79. The molecular weight excluding hydrogens is 212 g/mol. The van der Waals surface area contributed by atoms with E-state index in [0.717, 1.165) is 25.9 Å². The van der Waals surface area contributed by atoms with Crippen molar-refractivity contribution in [1.82, 2.24) is 9.88 Å². The summed E-state index contributed by atoms with van der Waals surface area (Å²) in [6.45, 7) is 5.52. The zero-order chi connectivity index (χ0) is 12.5. The van der Waals surface area contributed by atoms with Crippen LogP contribution in [0.2, 0.25) is 0 Å². The molecule has 0 saturated carbocycles. The molecule has 0 aliphatic heterocycles. The van der Waals surface area contributed by atoms with Gasteiger partial charge < -0.3 is 4.90 Å². The molecule has 17 heavy (non-hydrogen) atoms. The summed E-state index contributed by atoms with van der Waals surface area (Å²) < 4.78 is 0. The number of carbonyl (C=O) groups excluding carboxylic acids is 1. The van der Waals surface area contributed by atoms with Crippen molar-refractivity contribution in [1.29, 1.82) is 0 Å². The van der Waals surface area contributed by atoms with Crippen LogP contribution in [0.1, 0.15) is 38.7 Å². The molecule has 0 atom stereocenters. The average Bonchev–Trinajstić information content (AvgIpc) is 2.34. The summed E-state index contributed by atoms with van der Waals surface area (Å²) in [6, 6.07) is 4.01. The number of carbonyl (C=O) groups is 1. The van der Waals surface area contributed by atoms with Crippen molar-refractivity contribution in [2.24, 2.45) is 0 Å². The highest BCUT2D eigenvalue weighted by atomic mass is 16.2. The molecule has 1 rings (SSSR count). The van der Waals surface area contributed by atoms with Gasteiger partial charge in [0.1, 0.15) is 0 Å². The van der Waals surface area contributed by atoms with Gasteiger partial charge in [0.15, 0.2) is 0 Å². The van der Waals surface area contributed by atoms with E-state index in [9.17, 15) is 4.79 Å². The number of hydrogen-bond acceptors (Lipinski definition) is 2. The molecule has 0 bridgehead atoms. The minimum atomic E-state index is 0.176. The van der Waals surface area contributed by atoms with Crippen molar-refractivity contribution in [3.8, 4) is 0 Å². The zero-order valence-corrected chi connectivity index (χ0v) is 10.9. The van der Waals surface area contributed by atoms with E-state index in [0.29, 0.717) is 0 Å². The minimum absolute atomic E-state index is 0.176. The van der Waals surface area contributed by atoms with Crippen molar-refractivity contribution in [2.75, 3.05) is 13.1 Å². The van der Waals surface area contributed by atoms with Gasteiger partial charge in [-0.25, -0.2) is 0 Å². The highest BCUT2D eigenvalue weighted by Crippen LogP contribution is 2.03. The lowest BCUT2D eigenvalue weighted by Crippen LogP contribution is -2.31. The van der Waals surface area contributed by atoms with Gasteiger partial charge in [0.25, 0.3) is 0 Å². The van der Waals surface area contributed by atoms with Gasteiger partial charge in [-0.15, -0.1) is 0 Å². The summed E-state index contributed by atoms with van der Waals surface area (Å²) in [5, 5.41) is 0. The molecule has 0 saturated heterocycles. The van der Waals surface area contributed by atoms with Crippen LogP contribution >= 0.6 is 0 Å². The van der Waals surface area contributed by atoms with Gasteiger partial charge in [-0.3, -0.25) is 9.78 Å². The topological polar surface area (TPSA) is 33.2 Å². The Bertz CT molecular complexity index is 324. The number of hydrogen-bond donors (Lipinski definition) is 0. The lowest BCUT2D eigenvalue weighted by atomic mass is 10.2. The third kappa shape index (κ3) is 5.48. The highest BCUT2D eigenvalue weighted by Gasteiger charge is 2.07. The third-order valence-electron chi connectivity index (χ3n) is 2.90. The first-order valence-electron chi connectivity index (χ1n) is 6.38.